The maximum atomic E-state index is 11.8. The molecule has 3 heteroatoms. The lowest BCUT2D eigenvalue weighted by Gasteiger charge is -2.20. The average Bonchev–Trinajstić information content (AvgIpc) is 2.71. The predicted octanol–water partition coefficient (Wildman–Crippen LogP) is 2.75. The number of benzene rings is 1. The quantitative estimate of drug-likeness (QED) is 0.764. The average molecular weight is 216 g/mol. The third-order valence-electron chi connectivity index (χ3n) is 2.92. The number of carbonyl (C=O) groups excluding carboxylic acids is 1. The van der Waals surface area contributed by atoms with Crippen LogP contribution in [0.15, 0.2) is 35.4 Å². The summed E-state index contributed by atoms with van der Waals surface area (Å²) in [6.45, 7) is 4.04. The smallest absolute Gasteiger partial charge is 0.248 e. The van der Waals surface area contributed by atoms with E-state index < -0.39 is 0 Å². The van der Waals surface area contributed by atoms with Gasteiger partial charge in [0.05, 0.1) is 12.5 Å². The third kappa shape index (κ3) is 1.98. The topological polar surface area (TPSA) is 32.7 Å². The SMILES string of the molecule is CCC1=NN(C(C)c2ccccc2)C(=O)C1. The van der Waals surface area contributed by atoms with Gasteiger partial charge in [-0.1, -0.05) is 37.3 Å². The molecule has 0 radical (unpaired) electrons. The standard InChI is InChI=1S/C13H16N2O/c1-3-12-9-13(16)15(14-12)10(2)11-7-5-4-6-8-11/h4-8,10H,3,9H2,1-2H3. The van der Waals surface area contributed by atoms with Crippen LogP contribution in [0.25, 0.3) is 0 Å². The monoisotopic (exact) mass is 216 g/mol. The summed E-state index contributed by atoms with van der Waals surface area (Å²) in [4.78, 5) is 11.8. The van der Waals surface area contributed by atoms with Gasteiger partial charge in [0.25, 0.3) is 0 Å². The molecule has 1 unspecified atom stereocenters. The van der Waals surface area contributed by atoms with Crippen LogP contribution < -0.4 is 0 Å². The van der Waals surface area contributed by atoms with E-state index in [9.17, 15) is 4.79 Å². The van der Waals surface area contributed by atoms with Gasteiger partial charge in [-0.15, -0.1) is 0 Å². The molecule has 1 aromatic carbocycles. The van der Waals surface area contributed by atoms with E-state index in [1.807, 2.05) is 44.2 Å². The van der Waals surface area contributed by atoms with Gasteiger partial charge < -0.3 is 0 Å². The Morgan fingerprint density at radius 1 is 1.38 bits per heavy atom. The normalized spacial score (nSPS) is 17.5. The maximum Gasteiger partial charge on any atom is 0.248 e. The van der Waals surface area contributed by atoms with E-state index in [2.05, 4.69) is 5.10 Å². The molecule has 0 N–H and O–H groups in total. The van der Waals surface area contributed by atoms with Crippen molar-refractivity contribution in [1.29, 1.82) is 0 Å². The molecule has 0 aliphatic carbocycles. The van der Waals surface area contributed by atoms with Crippen molar-refractivity contribution in [2.75, 3.05) is 0 Å². The molecule has 0 saturated carbocycles. The zero-order valence-corrected chi connectivity index (χ0v) is 9.68. The molecular formula is C13H16N2O. The molecule has 84 valence electrons. The highest BCUT2D eigenvalue weighted by atomic mass is 16.2. The van der Waals surface area contributed by atoms with Gasteiger partial charge in [-0.25, -0.2) is 5.01 Å². The van der Waals surface area contributed by atoms with E-state index in [1.54, 1.807) is 5.01 Å². The first-order valence-electron chi connectivity index (χ1n) is 5.65. The van der Waals surface area contributed by atoms with Crippen LogP contribution in [0.2, 0.25) is 0 Å². The largest absolute Gasteiger partial charge is 0.273 e. The summed E-state index contributed by atoms with van der Waals surface area (Å²) in [5, 5.41) is 5.97. The Hall–Kier alpha value is -1.64. The molecule has 0 aromatic heterocycles. The molecule has 0 bridgehead atoms. The van der Waals surface area contributed by atoms with Crippen molar-refractivity contribution in [3.63, 3.8) is 0 Å². The summed E-state index contributed by atoms with van der Waals surface area (Å²) in [6, 6.07) is 10.0. The van der Waals surface area contributed by atoms with E-state index in [-0.39, 0.29) is 11.9 Å². The van der Waals surface area contributed by atoms with Crippen molar-refractivity contribution >= 4 is 11.6 Å². The zero-order valence-electron chi connectivity index (χ0n) is 9.68. The Labute approximate surface area is 95.8 Å². The minimum Gasteiger partial charge on any atom is -0.273 e. The first kappa shape index (κ1) is 10.9. The number of hydrogen-bond acceptors (Lipinski definition) is 2. The fraction of sp³-hybridized carbons (Fsp3) is 0.385. The third-order valence-corrected chi connectivity index (χ3v) is 2.92. The molecule has 0 saturated heterocycles. The van der Waals surface area contributed by atoms with E-state index in [0.29, 0.717) is 6.42 Å². The van der Waals surface area contributed by atoms with E-state index >= 15 is 0 Å². The summed E-state index contributed by atoms with van der Waals surface area (Å²) in [5.41, 5.74) is 2.10. The molecule has 16 heavy (non-hydrogen) atoms. The highest BCUT2D eigenvalue weighted by Crippen LogP contribution is 2.25. The van der Waals surface area contributed by atoms with Gasteiger partial charge >= 0.3 is 0 Å². The van der Waals surface area contributed by atoms with Gasteiger partial charge in [-0.05, 0) is 18.9 Å². The number of amides is 1. The van der Waals surface area contributed by atoms with Crippen LogP contribution in [0.5, 0.6) is 0 Å². The Kier molecular flexibility index (Phi) is 3.04. The first-order valence-corrected chi connectivity index (χ1v) is 5.65. The molecule has 1 heterocycles. The molecule has 0 fully saturated rings. The lowest BCUT2D eigenvalue weighted by Crippen LogP contribution is -2.24. The Morgan fingerprint density at radius 3 is 2.62 bits per heavy atom. The molecular weight excluding hydrogens is 200 g/mol. The predicted molar refractivity (Wildman–Crippen MR) is 64.0 cm³/mol. The summed E-state index contributed by atoms with van der Waals surface area (Å²) in [5.74, 6) is 0.105. The second kappa shape index (κ2) is 4.47. The molecule has 0 spiro atoms. The fourth-order valence-corrected chi connectivity index (χ4v) is 1.87. The summed E-state index contributed by atoms with van der Waals surface area (Å²) in [6.07, 6.45) is 1.33. The second-order valence-corrected chi connectivity index (χ2v) is 4.02. The molecule has 1 aromatic rings. The zero-order chi connectivity index (χ0) is 11.5. The highest BCUT2D eigenvalue weighted by molar-refractivity contribution is 6.04. The van der Waals surface area contributed by atoms with E-state index in [4.69, 9.17) is 0 Å². The lowest BCUT2D eigenvalue weighted by molar-refractivity contribution is -0.130. The van der Waals surface area contributed by atoms with Gasteiger partial charge in [0, 0.05) is 5.71 Å². The molecule has 1 atom stereocenters. The minimum atomic E-state index is 0.0257. The van der Waals surface area contributed by atoms with E-state index in [0.717, 1.165) is 17.7 Å². The lowest BCUT2D eigenvalue weighted by atomic mass is 10.1. The summed E-state index contributed by atoms with van der Waals surface area (Å²) in [7, 11) is 0. The number of hydrazone groups is 1. The van der Waals surface area contributed by atoms with Crippen LogP contribution in [0, 0.1) is 0 Å². The summed E-state index contributed by atoms with van der Waals surface area (Å²) >= 11 is 0. The van der Waals surface area contributed by atoms with Crippen molar-refractivity contribution in [3.8, 4) is 0 Å². The van der Waals surface area contributed by atoms with Gasteiger partial charge in [0.15, 0.2) is 0 Å². The number of rotatable bonds is 3. The van der Waals surface area contributed by atoms with Crippen molar-refractivity contribution < 1.29 is 4.79 Å². The minimum absolute atomic E-state index is 0.0257. The second-order valence-electron chi connectivity index (χ2n) is 4.02. The Bertz CT molecular complexity index is 411. The maximum absolute atomic E-state index is 11.8. The number of nitrogens with zero attached hydrogens (tertiary/aromatic N) is 2. The summed E-state index contributed by atoms with van der Waals surface area (Å²) < 4.78 is 0. The van der Waals surface area contributed by atoms with Crippen LogP contribution in [0.1, 0.15) is 38.3 Å². The number of carbonyl (C=O) groups is 1. The van der Waals surface area contributed by atoms with Crippen molar-refractivity contribution in [3.05, 3.63) is 35.9 Å². The van der Waals surface area contributed by atoms with E-state index in [1.165, 1.54) is 0 Å². The Balaban J connectivity index is 2.20. The van der Waals surface area contributed by atoms with Crippen LogP contribution in [-0.2, 0) is 4.79 Å². The molecule has 1 aliphatic heterocycles. The van der Waals surface area contributed by atoms with Crippen molar-refractivity contribution in [1.82, 2.24) is 5.01 Å². The van der Waals surface area contributed by atoms with Crippen molar-refractivity contribution in [2.24, 2.45) is 5.10 Å². The van der Waals surface area contributed by atoms with Crippen LogP contribution in [0.3, 0.4) is 0 Å². The van der Waals surface area contributed by atoms with Gasteiger partial charge in [0.1, 0.15) is 0 Å². The number of hydrogen-bond donors (Lipinski definition) is 0. The van der Waals surface area contributed by atoms with Crippen LogP contribution >= 0.6 is 0 Å². The molecule has 1 amide bonds. The molecule has 3 nitrogen and oxygen atoms in total. The van der Waals surface area contributed by atoms with Crippen LogP contribution in [0.4, 0.5) is 0 Å². The van der Waals surface area contributed by atoms with Crippen molar-refractivity contribution in [2.45, 2.75) is 32.7 Å². The highest BCUT2D eigenvalue weighted by Gasteiger charge is 2.27. The van der Waals surface area contributed by atoms with Gasteiger partial charge in [-0.3, -0.25) is 4.79 Å². The van der Waals surface area contributed by atoms with Gasteiger partial charge in [-0.2, -0.15) is 5.10 Å². The van der Waals surface area contributed by atoms with Gasteiger partial charge in [0.2, 0.25) is 5.91 Å². The fourth-order valence-electron chi connectivity index (χ4n) is 1.87. The molecule has 2 rings (SSSR count). The molecule has 1 aliphatic rings. The Morgan fingerprint density at radius 2 is 2.06 bits per heavy atom. The first-order chi connectivity index (χ1) is 7.72. The van der Waals surface area contributed by atoms with Crippen LogP contribution in [-0.4, -0.2) is 16.6 Å².